The molecule has 1 rings (SSSR count). The van der Waals surface area contributed by atoms with E-state index in [0.29, 0.717) is 6.04 Å². The summed E-state index contributed by atoms with van der Waals surface area (Å²) in [6.45, 7) is 7.99. The Balaban J connectivity index is 2.64. The van der Waals surface area contributed by atoms with Crippen LogP contribution in [0.15, 0.2) is 28.7 Å². The van der Waals surface area contributed by atoms with Crippen molar-refractivity contribution in [3.8, 4) is 0 Å². The minimum Gasteiger partial charge on any atom is -0.313 e. The first-order chi connectivity index (χ1) is 8.67. The van der Waals surface area contributed by atoms with Crippen LogP contribution in [0.1, 0.15) is 45.6 Å². The molecule has 0 heterocycles. The van der Waals surface area contributed by atoms with Gasteiger partial charge in [-0.05, 0) is 49.4 Å². The first-order valence-corrected chi connectivity index (χ1v) is 7.94. The second-order valence-corrected chi connectivity index (χ2v) is 6.08. The molecule has 0 aliphatic rings. The lowest BCUT2D eigenvalue weighted by atomic mass is 9.91. The first-order valence-electron chi connectivity index (χ1n) is 7.15. The van der Waals surface area contributed by atoms with Gasteiger partial charge in [0.1, 0.15) is 0 Å². The van der Waals surface area contributed by atoms with Crippen molar-refractivity contribution in [1.82, 2.24) is 5.32 Å². The monoisotopic (exact) mass is 311 g/mol. The highest BCUT2D eigenvalue weighted by Gasteiger charge is 2.16. The number of hydrogen-bond donors (Lipinski definition) is 1. The Morgan fingerprint density at radius 1 is 1.22 bits per heavy atom. The van der Waals surface area contributed by atoms with E-state index in [4.69, 9.17) is 0 Å². The Hall–Kier alpha value is -0.340. The van der Waals surface area contributed by atoms with Gasteiger partial charge < -0.3 is 5.32 Å². The number of nitrogens with one attached hydrogen (secondary N) is 1. The fraction of sp³-hybridized carbons (Fsp3) is 0.625. The molecule has 1 aromatic carbocycles. The summed E-state index contributed by atoms with van der Waals surface area (Å²) in [4.78, 5) is 0. The van der Waals surface area contributed by atoms with Crippen molar-refractivity contribution in [3.63, 3.8) is 0 Å². The molecule has 1 aromatic rings. The van der Waals surface area contributed by atoms with Gasteiger partial charge in [0.25, 0.3) is 0 Å². The molecule has 0 aliphatic heterocycles. The molecule has 0 aliphatic carbocycles. The minimum absolute atomic E-state index is 0.596. The fourth-order valence-electron chi connectivity index (χ4n) is 2.38. The van der Waals surface area contributed by atoms with Crippen LogP contribution in [0.5, 0.6) is 0 Å². The van der Waals surface area contributed by atoms with Crippen LogP contribution in [0, 0.1) is 5.92 Å². The summed E-state index contributed by atoms with van der Waals surface area (Å²) in [6, 6.07) is 9.27. The standard InChI is InChI=1S/C16H26BrN/c1-4-7-13(3)16(18-10-5-2)12-14-8-6-9-15(17)11-14/h6,8-9,11,13,16,18H,4-5,7,10,12H2,1-3H3. The van der Waals surface area contributed by atoms with Crippen molar-refractivity contribution in [2.45, 2.75) is 52.5 Å². The molecule has 2 unspecified atom stereocenters. The third-order valence-corrected chi connectivity index (χ3v) is 3.93. The highest BCUT2D eigenvalue weighted by atomic mass is 79.9. The van der Waals surface area contributed by atoms with Crippen molar-refractivity contribution in [3.05, 3.63) is 34.3 Å². The van der Waals surface area contributed by atoms with Gasteiger partial charge in [-0.3, -0.25) is 0 Å². The zero-order valence-electron chi connectivity index (χ0n) is 11.9. The summed E-state index contributed by atoms with van der Waals surface area (Å²) in [5, 5.41) is 3.71. The van der Waals surface area contributed by atoms with Gasteiger partial charge in [0.2, 0.25) is 0 Å². The molecule has 0 bridgehead atoms. The summed E-state index contributed by atoms with van der Waals surface area (Å²) >= 11 is 3.55. The third kappa shape index (κ3) is 5.53. The number of benzene rings is 1. The largest absolute Gasteiger partial charge is 0.313 e. The van der Waals surface area contributed by atoms with Gasteiger partial charge >= 0.3 is 0 Å². The first kappa shape index (κ1) is 15.7. The Labute approximate surface area is 120 Å². The van der Waals surface area contributed by atoms with Crippen LogP contribution >= 0.6 is 15.9 Å². The molecule has 2 atom stereocenters. The topological polar surface area (TPSA) is 12.0 Å². The third-order valence-electron chi connectivity index (χ3n) is 3.43. The van der Waals surface area contributed by atoms with E-state index >= 15 is 0 Å². The van der Waals surface area contributed by atoms with E-state index in [2.05, 4.69) is 66.3 Å². The van der Waals surface area contributed by atoms with Crippen molar-refractivity contribution in [1.29, 1.82) is 0 Å². The maximum atomic E-state index is 3.71. The number of rotatable bonds is 8. The average Bonchev–Trinajstić information content (AvgIpc) is 2.34. The zero-order chi connectivity index (χ0) is 13.4. The summed E-state index contributed by atoms with van der Waals surface area (Å²) in [6.07, 6.45) is 4.90. The van der Waals surface area contributed by atoms with Gasteiger partial charge in [-0.1, -0.05) is 55.3 Å². The Morgan fingerprint density at radius 2 is 2.00 bits per heavy atom. The van der Waals surface area contributed by atoms with Crippen LogP contribution in [0.2, 0.25) is 0 Å². The fourth-order valence-corrected chi connectivity index (χ4v) is 2.83. The van der Waals surface area contributed by atoms with Crippen molar-refractivity contribution >= 4 is 15.9 Å². The molecule has 0 fully saturated rings. The molecule has 1 N–H and O–H groups in total. The highest BCUT2D eigenvalue weighted by Crippen LogP contribution is 2.18. The van der Waals surface area contributed by atoms with Gasteiger partial charge in [0, 0.05) is 10.5 Å². The van der Waals surface area contributed by atoms with Crippen LogP contribution in [-0.4, -0.2) is 12.6 Å². The van der Waals surface area contributed by atoms with Gasteiger partial charge in [-0.2, -0.15) is 0 Å². The normalized spacial score (nSPS) is 14.4. The minimum atomic E-state index is 0.596. The lowest BCUT2D eigenvalue weighted by Crippen LogP contribution is -2.37. The Morgan fingerprint density at radius 3 is 2.61 bits per heavy atom. The summed E-state index contributed by atoms with van der Waals surface area (Å²) in [7, 11) is 0. The number of hydrogen-bond acceptors (Lipinski definition) is 1. The van der Waals surface area contributed by atoms with Gasteiger partial charge in [-0.25, -0.2) is 0 Å². The summed E-state index contributed by atoms with van der Waals surface area (Å²) < 4.78 is 1.18. The highest BCUT2D eigenvalue weighted by molar-refractivity contribution is 9.10. The molecule has 0 saturated heterocycles. The van der Waals surface area contributed by atoms with E-state index in [1.807, 2.05) is 0 Å². The second-order valence-electron chi connectivity index (χ2n) is 5.16. The number of halogens is 1. The molecular weight excluding hydrogens is 286 g/mol. The molecule has 2 heteroatoms. The van der Waals surface area contributed by atoms with Crippen LogP contribution in [0.3, 0.4) is 0 Å². The van der Waals surface area contributed by atoms with Crippen LogP contribution in [0.25, 0.3) is 0 Å². The lowest BCUT2D eigenvalue weighted by Gasteiger charge is -2.25. The van der Waals surface area contributed by atoms with E-state index in [0.717, 1.165) is 18.9 Å². The van der Waals surface area contributed by atoms with E-state index < -0.39 is 0 Å². The Kier molecular flexibility index (Phi) is 7.60. The van der Waals surface area contributed by atoms with E-state index in [9.17, 15) is 0 Å². The molecule has 1 nitrogen and oxygen atoms in total. The predicted octanol–water partition coefficient (Wildman–Crippen LogP) is 4.80. The van der Waals surface area contributed by atoms with Crippen LogP contribution in [-0.2, 0) is 6.42 Å². The van der Waals surface area contributed by atoms with E-state index in [1.165, 1.54) is 29.3 Å². The molecule has 0 radical (unpaired) electrons. The van der Waals surface area contributed by atoms with Crippen molar-refractivity contribution < 1.29 is 0 Å². The zero-order valence-corrected chi connectivity index (χ0v) is 13.5. The van der Waals surface area contributed by atoms with Gasteiger partial charge in [0.15, 0.2) is 0 Å². The average molecular weight is 312 g/mol. The molecule has 0 amide bonds. The molecular formula is C16H26BrN. The maximum Gasteiger partial charge on any atom is 0.0178 e. The second kappa shape index (κ2) is 8.71. The van der Waals surface area contributed by atoms with E-state index in [1.54, 1.807) is 0 Å². The molecule has 18 heavy (non-hydrogen) atoms. The maximum absolute atomic E-state index is 3.71. The van der Waals surface area contributed by atoms with Gasteiger partial charge in [0.05, 0.1) is 0 Å². The molecule has 0 spiro atoms. The molecule has 0 saturated carbocycles. The molecule has 102 valence electrons. The van der Waals surface area contributed by atoms with Crippen molar-refractivity contribution in [2.75, 3.05) is 6.54 Å². The quantitative estimate of drug-likeness (QED) is 0.727. The van der Waals surface area contributed by atoms with Crippen LogP contribution < -0.4 is 5.32 Å². The van der Waals surface area contributed by atoms with E-state index in [-0.39, 0.29) is 0 Å². The van der Waals surface area contributed by atoms with Gasteiger partial charge in [-0.15, -0.1) is 0 Å². The van der Waals surface area contributed by atoms with Crippen molar-refractivity contribution in [2.24, 2.45) is 5.92 Å². The van der Waals surface area contributed by atoms with Crippen LogP contribution in [0.4, 0.5) is 0 Å². The molecule has 0 aromatic heterocycles. The summed E-state index contributed by atoms with van der Waals surface area (Å²) in [5.74, 6) is 0.737. The smallest absolute Gasteiger partial charge is 0.0178 e. The SMILES string of the molecule is CCCNC(Cc1cccc(Br)c1)C(C)CCC. The predicted molar refractivity (Wildman–Crippen MR) is 84.0 cm³/mol. The Bertz CT molecular complexity index is 338. The summed E-state index contributed by atoms with van der Waals surface area (Å²) in [5.41, 5.74) is 1.42. The lowest BCUT2D eigenvalue weighted by molar-refractivity contribution is 0.352.